The first-order chi connectivity index (χ1) is 6.86. The van der Waals surface area contributed by atoms with Crippen LogP contribution in [0.4, 0.5) is 0 Å². The Bertz CT molecular complexity index is 233. The molecule has 1 aromatic rings. The number of benzene rings is 1. The molecular formula is C10H14O4. The van der Waals surface area contributed by atoms with E-state index >= 15 is 0 Å². The van der Waals surface area contributed by atoms with Crippen molar-refractivity contribution in [1.29, 1.82) is 0 Å². The second-order valence-electron chi connectivity index (χ2n) is 2.91. The average Bonchev–Trinajstić information content (AvgIpc) is 2.26. The number of ether oxygens (including phenoxy) is 1. The summed E-state index contributed by atoms with van der Waals surface area (Å²) in [6.07, 6.45) is -0.668. The van der Waals surface area contributed by atoms with Gasteiger partial charge in [0.1, 0.15) is 6.10 Å². The summed E-state index contributed by atoms with van der Waals surface area (Å²) in [7, 11) is 0. The molecule has 0 saturated heterocycles. The maximum atomic E-state index is 8.66. The Labute approximate surface area is 82.6 Å². The summed E-state index contributed by atoms with van der Waals surface area (Å²) in [6, 6.07) is 9.65. The first kappa shape index (κ1) is 11.1. The molecule has 0 aromatic heterocycles. The van der Waals surface area contributed by atoms with Gasteiger partial charge in [-0.15, -0.1) is 0 Å². The quantitative estimate of drug-likeness (QED) is 0.530. The van der Waals surface area contributed by atoms with Gasteiger partial charge in [0, 0.05) is 0 Å². The van der Waals surface area contributed by atoms with Crippen molar-refractivity contribution in [2.75, 3.05) is 13.2 Å². The first-order valence-corrected chi connectivity index (χ1v) is 4.39. The van der Waals surface area contributed by atoms with E-state index in [4.69, 9.17) is 15.1 Å². The number of aliphatic hydroxyl groups is 1. The lowest BCUT2D eigenvalue weighted by atomic mass is 10.2. The maximum absolute atomic E-state index is 8.66. The Morgan fingerprint density at radius 1 is 1.21 bits per heavy atom. The van der Waals surface area contributed by atoms with Gasteiger partial charge in [-0.25, -0.2) is 4.89 Å². The van der Waals surface area contributed by atoms with Gasteiger partial charge in [0.2, 0.25) is 0 Å². The van der Waals surface area contributed by atoms with Crippen molar-refractivity contribution in [2.45, 2.75) is 12.7 Å². The number of hydrogen-bond acceptors (Lipinski definition) is 4. The van der Waals surface area contributed by atoms with E-state index in [-0.39, 0.29) is 13.2 Å². The fourth-order valence-corrected chi connectivity index (χ4v) is 0.999. The Morgan fingerprint density at radius 3 is 2.50 bits per heavy atom. The van der Waals surface area contributed by atoms with Crippen LogP contribution in [0, 0.1) is 0 Å². The van der Waals surface area contributed by atoms with Crippen LogP contribution in [-0.2, 0) is 16.2 Å². The van der Waals surface area contributed by atoms with Crippen molar-refractivity contribution in [1.82, 2.24) is 0 Å². The average molecular weight is 198 g/mol. The summed E-state index contributed by atoms with van der Waals surface area (Å²) in [5, 5.41) is 16.9. The van der Waals surface area contributed by atoms with Crippen molar-refractivity contribution in [3.8, 4) is 0 Å². The lowest BCUT2D eigenvalue weighted by Crippen LogP contribution is -2.22. The third kappa shape index (κ3) is 3.85. The second kappa shape index (κ2) is 6.50. The fraction of sp³-hybridized carbons (Fsp3) is 0.400. The number of aliphatic hydroxyl groups excluding tert-OH is 1. The molecule has 0 aliphatic rings. The van der Waals surface area contributed by atoms with Gasteiger partial charge in [-0.1, -0.05) is 30.3 Å². The maximum Gasteiger partial charge on any atom is 0.139 e. The Hall–Kier alpha value is -0.940. The van der Waals surface area contributed by atoms with Crippen LogP contribution in [0.15, 0.2) is 30.3 Å². The molecule has 0 saturated carbocycles. The van der Waals surface area contributed by atoms with Crippen LogP contribution in [0.25, 0.3) is 0 Å². The van der Waals surface area contributed by atoms with E-state index in [0.29, 0.717) is 6.61 Å². The van der Waals surface area contributed by atoms with Gasteiger partial charge in [-0.3, -0.25) is 5.26 Å². The molecule has 1 unspecified atom stereocenters. The topological polar surface area (TPSA) is 58.9 Å². The summed E-state index contributed by atoms with van der Waals surface area (Å²) < 4.78 is 5.22. The summed E-state index contributed by atoms with van der Waals surface area (Å²) in [4.78, 5) is 3.96. The molecule has 14 heavy (non-hydrogen) atoms. The highest BCUT2D eigenvalue weighted by Gasteiger charge is 2.06. The van der Waals surface area contributed by atoms with Crippen LogP contribution in [0.3, 0.4) is 0 Å². The molecule has 0 amide bonds. The van der Waals surface area contributed by atoms with E-state index in [2.05, 4.69) is 4.89 Å². The molecule has 2 N–H and O–H groups in total. The third-order valence-corrected chi connectivity index (χ3v) is 1.77. The molecule has 0 aliphatic carbocycles. The molecule has 0 radical (unpaired) electrons. The van der Waals surface area contributed by atoms with E-state index in [1.807, 2.05) is 30.3 Å². The second-order valence-corrected chi connectivity index (χ2v) is 2.91. The van der Waals surface area contributed by atoms with Crippen molar-refractivity contribution >= 4 is 0 Å². The molecule has 0 fully saturated rings. The van der Waals surface area contributed by atoms with E-state index < -0.39 is 6.10 Å². The smallest absolute Gasteiger partial charge is 0.139 e. The van der Waals surface area contributed by atoms with Crippen LogP contribution < -0.4 is 0 Å². The Balaban J connectivity index is 2.21. The predicted octanol–water partition coefficient (Wildman–Crippen LogP) is 1.05. The van der Waals surface area contributed by atoms with Crippen molar-refractivity contribution in [3.63, 3.8) is 0 Å². The lowest BCUT2D eigenvalue weighted by molar-refractivity contribution is -0.293. The summed E-state index contributed by atoms with van der Waals surface area (Å²) >= 11 is 0. The zero-order chi connectivity index (χ0) is 10.2. The molecule has 1 atom stereocenters. The molecule has 0 bridgehead atoms. The summed E-state index contributed by atoms with van der Waals surface area (Å²) in [5.41, 5.74) is 1.04. The van der Waals surface area contributed by atoms with E-state index in [1.54, 1.807) is 0 Å². The highest BCUT2D eigenvalue weighted by atomic mass is 17.1. The predicted molar refractivity (Wildman–Crippen MR) is 50.7 cm³/mol. The minimum absolute atomic E-state index is 0.169. The molecule has 1 aromatic carbocycles. The van der Waals surface area contributed by atoms with E-state index in [9.17, 15) is 0 Å². The molecule has 1 rings (SSSR count). The molecular weight excluding hydrogens is 184 g/mol. The monoisotopic (exact) mass is 198 g/mol. The van der Waals surface area contributed by atoms with Gasteiger partial charge in [-0.2, -0.15) is 0 Å². The lowest BCUT2D eigenvalue weighted by Gasteiger charge is -2.10. The van der Waals surface area contributed by atoms with Crippen LogP contribution in [0.1, 0.15) is 5.56 Å². The standard InChI is InChI=1S/C10H14O4/c11-6-10(14-12)8-13-7-9-4-2-1-3-5-9/h1-5,10-12H,6-8H2. The van der Waals surface area contributed by atoms with Crippen LogP contribution in [0.2, 0.25) is 0 Å². The zero-order valence-corrected chi connectivity index (χ0v) is 7.80. The highest BCUT2D eigenvalue weighted by molar-refractivity contribution is 5.13. The van der Waals surface area contributed by atoms with E-state index in [1.165, 1.54) is 0 Å². The molecule has 4 heteroatoms. The van der Waals surface area contributed by atoms with Gasteiger partial charge < -0.3 is 9.84 Å². The number of hydrogen-bond donors (Lipinski definition) is 2. The van der Waals surface area contributed by atoms with Crippen LogP contribution in [-0.4, -0.2) is 29.7 Å². The largest absolute Gasteiger partial charge is 0.393 e. The van der Waals surface area contributed by atoms with E-state index in [0.717, 1.165) is 5.56 Å². The van der Waals surface area contributed by atoms with Gasteiger partial charge >= 0.3 is 0 Å². The molecule has 0 spiro atoms. The third-order valence-electron chi connectivity index (χ3n) is 1.77. The fourth-order valence-electron chi connectivity index (χ4n) is 0.999. The molecule has 0 aliphatic heterocycles. The summed E-state index contributed by atoms with van der Waals surface area (Å²) in [5.74, 6) is 0. The van der Waals surface area contributed by atoms with Crippen molar-refractivity contribution in [2.24, 2.45) is 0 Å². The van der Waals surface area contributed by atoms with Crippen molar-refractivity contribution in [3.05, 3.63) is 35.9 Å². The minimum Gasteiger partial charge on any atom is -0.393 e. The molecule has 0 heterocycles. The highest BCUT2D eigenvalue weighted by Crippen LogP contribution is 2.01. The van der Waals surface area contributed by atoms with Gasteiger partial charge in [0.15, 0.2) is 0 Å². The minimum atomic E-state index is -0.668. The first-order valence-electron chi connectivity index (χ1n) is 4.39. The Morgan fingerprint density at radius 2 is 1.93 bits per heavy atom. The van der Waals surface area contributed by atoms with Crippen molar-refractivity contribution < 1.29 is 20.0 Å². The normalized spacial score (nSPS) is 12.7. The SMILES string of the molecule is OCC(COCc1ccccc1)OO. The van der Waals surface area contributed by atoms with Crippen LogP contribution >= 0.6 is 0 Å². The molecule has 4 nitrogen and oxygen atoms in total. The summed E-state index contributed by atoms with van der Waals surface area (Å²) in [6.45, 7) is 0.355. The Kier molecular flexibility index (Phi) is 5.17. The van der Waals surface area contributed by atoms with Gasteiger partial charge in [0.25, 0.3) is 0 Å². The van der Waals surface area contributed by atoms with Gasteiger partial charge in [-0.05, 0) is 5.56 Å². The van der Waals surface area contributed by atoms with Gasteiger partial charge in [0.05, 0.1) is 19.8 Å². The number of rotatable bonds is 6. The zero-order valence-electron chi connectivity index (χ0n) is 7.80. The molecule has 78 valence electrons. The van der Waals surface area contributed by atoms with Crippen LogP contribution in [0.5, 0.6) is 0 Å².